The molecule has 1 aromatic carbocycles. The van der Waals surface area contributed by atoms with Crippen LogP contribution in [0.15, 0.2) is 34.2 Å². The number of aliphatic imine (C=N–C) groups is 1. The molecule has 0 radical (unpaired) electrons. The average molecular weight is 349 g/mol. The maximum Gasteiger partial charge on any atom is 0.262 e. The van der Waals surface area contributed by atoms with E-state index in [1.807, 2.05) is 6.92 Å². The quantitative estimate of drug-likeness (QED) is 0.875. The summed E-state index contributed by atoms with van der Waals surface area (Å²) in [5.41, 5.74) is 0.616. The van der Waals surface area contributed by atoms with Gasteiger partial charge < -0.3 is 5.32 Å². The molecule has 0 saturated heterocycles. The Kier molecular flexibility index (Phi) is 4.89. The van der Waals surface area contributed by atoms with Gasteiger partial charge in [0.1, 0.15) is 5.84 Å². The summed E-state index contributed by atoms with van der Waals surface area (Å²) >= 11 is 0. The van der Waals surface area contributed by atoms with Crippen molar-refractivity contribution in [1.82, 2.24) is 4.72 Å². The van der Waals surface area contributed by atoms with Crippen molar-refractivity contribution in [3.05, 3.63) is 24.3 Å². The zero-order valence-corrected chi connectivity index (χ0v) is 14.6. The van der Waals surface area contributed by atoms with E-state index in [1.54, 1.807) is 12.1 Å². The van der Waals surface area contributed by atoms with Crippen LogP contribution < -0.4 is 10.0 Å². The molecule has 7 heteroatoms. The predicted molar refractivity (Wildman–Crippen MR) is 93.4 cm³/mol. The van der Waals surface area contributed by atoms with Crippen LogP contribution in [-0.2, 0) is 14.8 Å². The molecule has 6 nitrogen and oxygen atoms in total. The summed E-state index contributed by atoms with van der Waals surface area (Å²) in [5, 5.41) is 2.82. The molecule has 1 aliphatic carbocycles. The number of sulfonamides is 1. The molecular formula is C17H23N3O3S. The molecule has 0 aromatic heterocycles. The van der Waals surface area contributed by atoms with Gasteiger partial charge in [-0.3, -0.25) is 14.5 Å². The Morgan fingerprint density at radius 2 is 1.88 bits per heavy atom. The first-order chi connectivity index (χ1) is 11.5. The van der Waals surface area contributed by atoms with Crippen LogP contribution >= 0.6 is 0 Å². The van der Waals surface area contributed by atoms with Gasteiger partial charge in [-0.15, -0.1) is 0 Å². The van der Waals surface area contributed by atoms with Crippen molar-refractivity contribution in [2.24, 2.45) is 16.8 Å². The van der Waals surface area contributed by atoms with E-state index >= 15 is 0 Å². The standard InChI is InChI=1S/C17H23N3O3S/c1-12-11-15(12)17(21)19-13-6-8-14(9-7-13)24(22,23)20-16-5-3-2-4-10-18-16/h6-9,12,15H,2-5,10-11H2,1H3,(H,18,20)(H,19,21)/t12-,15+/m1/s1. The Bertz CT molecular complexity index is 741. The molecule has 0 unspecified atom stereocenters. The van der Waals surface area contributed by atoms with Gasteiger partial charge in [0.05, 0.1) is 4.90 Å². The second-order valence-corrected chi connectivity index (χ2v) is 8.26. The normalized spacial score (nSPS) is 23.8. The SMILES string of the molecule is C[C@@H]1C[C@@H]1C(=O)Nc1ccc(S(=O)(=O)NC2=NCCCCC2)cc1. The summed E-state index contributed by atoms with van der Waals surface area (Å²) in [5.74, 6) is 1.06. The van der Waals surface area contributed by atoms with Crippen molar-refractivity contribution in [2.75, 3.05) is 11.9 Å². The fraction of sp³-hybridized carbons (Fsp3) is 0.529. The van der Waals surface area contributed by atoms with Gasteiger partial charge in [-0.25, -0.2) is 8.42 Å². The number of anilines is 1. The number of rotatable bonds is 4. The average Bonchev–Trinajstić information content (AvgIpc) is 3.31. The fourth-order valence-corrected chi connectivity index (χ4v) is 3.90. The van der Waals surface area contributed by atoms with Gasteiger partial charge in [-0.05, 0) is 49.4 Å². The number of hydrogen-bond acceptors (Lipinski definition) is 4. The van der Waals surface area contributed by atoms with E-state index in [0.717, 1.165) is 25.7 Å². The summed E-state index contributed by atoms with van der Waals surface area (Å²) in [6, 6.07) is 6.25. The number of nitrogens with one attached hydrogen (secondary N) is 2. The fourth-order valence-electron chi connectivity index (χ4n) is 2.81. The number of carbonyl (C=O) groups excluding carboxylic acids is 1. The number of nitrogens with zero attached hydrogens (tertiary/aromatic N) is 1. The highest BCUT2D eigenvalue weighted by molar-refractivity contribution is 7.90. The molecule has 1 heterocycles. The molecule has 0 spiro atoms. The van der Waals surface area contributed by atoms with Crippen molar-refractivity contribution < 1.29 is 13.2 Å². The summed E-state index contributed by atoms with van der Waals surface area (Å²) in [4.78, 5) is 16.4. The van der Waals surface area contributed by atoms with Crippen molar-refractivity contribution in [3.63, 3.8) is 0 Å². The first-order valence-corrected chi connectivity index (χ1v) is 9.91. The lowest BCUT2D eigenvalue weighted by Gasteiger charge is -2.10. The summed E-state index contributed by atoms with van der Waals surface area (Å²) in [7, 11) is -3.63. The van der Waals surface area contributed by atoms with E-state index in [-0.39, 0.29) is 16.7 Å². The van der Waals surface area contributed by atoms with Gasteiger partial charge in [-0.1, -0.05) is 13.3 Å². The first kappa shape index (κ1) is 17.0. The highest BCUT2D eigenvalue weighted by Crippen LogP contribution is 2.38. The van der Waals surface area contributed by atoms with E-state index in [4.69, 9.17) is 0 Å². The van der Waals surface area contributed by atoms with E-state index in [0.29, 0.717) is 30.4 Å². The maximum atomic E-state index is 12.4. The van der Waals surface area contributed by atoms with E-state index in [1.165, 1.54) is 12.1 Å². The van der Waals surface area contributed by atoms with Crippen molar-refractivity contribution in [2.45, 2.75) is 43.9 Å². The van der Waals surface area contributed by atoms with E-state index in [9.17, 15) is 13.2 Å². The van der Waals surface area contributed by atoms with Crippen molar-refractivity contribution >= 4 is 27.5 Å². The number of amides is 1. The second kappa shape index (κ2) is 6.93. The minimum Gasteiger partial charge on any atom is -0.326 e. The number of hydrogen-bond donors (Lipinski definition) is 2. The Morgan fingerprint density at radius 3 is 2.54 bits per heavy atom. The van der Waals surface area contributed by atoms with Crippen LogP contribution in [-0.4, -0.2) is 26.7 Å². The Labute approximate surface area is 142 Å². The van der Waals surface area contributed by atoms with Gasteiger partial charge in [0.15, 0.2) is 0 Å². The molecule has 1 aliphatic heterocycles. The van der Waals surface area contributed by atoms with Crippen LogP contribution in [0.3, 0.4) is 0 Å². The van der Waals surface area contributed by atoms with Crippen LogP contribution in [0.5, 0.6) is 0 Å². The minimum absolute atomic E-state index is 0.00374. The Hall–Kier alpha value is -1.89. The zero-order chi connectivity index (χ0) is 17.2. The third-order valence-corrected chi connectivity index (χ3v) is 5.90. The monoisotopic (exact) mass is 349 g/mol. The molecule has 0 bridgehead atoms. The van der Waals surface area contributed by atoms with Crippen LogP contribution in [0.2, 0.25) is 0 Å². The number of carbonyl (C=O) groups is 1. The zero-order valence-electron chi connectivity index (χ0n) is 13.8. The molecule has 3 rings (SSSR count). The van der Waals surface area contributed by atoms with Gasteiger partial charge >= 0.3 is 0 Å². The maximum absolute atomic E-state index is 12.4. The topological polar surface area (TPSA) is 87.6 Å². The molecule has 1 amide bonds. The molecule has 130 valence electrons. The number of benzene rings is 1. The van der Waals surface area contributed by atoms with Crippen molar-refractivity contribution in [1.29, 1.82) is 0 Å². The van der Waals surface area contributed by atoms with Crippen LogP contribution in [0, 0.1) is 11.8 Å². The lowest BCUT2D eigenvalue weighted by molar-refractivity contribution is -0.117. The van der Waals surface area contributed by atoms with Gasteiger partial charge in [-0.2, -0.15) is 0 Å². The van der Waals surface area contributed by atoms with E-state index in [2.05, 4.69) is 15.0 Å². The molecule has 2 N–H and O–H groups in total. The van der Waals surface area contributed by atoms with Crippen molar-refractivity contribution in [3.8, 4) is 0 Å². The summed E-state index contributed by atoms with van der Waals surface area (Å²) in [6.45, 7) is 2.71. The first-order valence-electron chi connectivity index (χ1n) is 8.43. The van der Waals surface area contributed by atoms with Crippen LogP contribution in [0.1, 0.15) is 39.0 Å². The second-order valence-electron chi connectivity index (χ2n) is 6.58. The summed E-state index contributed by atoms with van der Waals surface area (Å²) < 4.78 is 27.4. The lowest BCUT2D eigenvalue weighted by atomic mass is 10.2. The summed E-state index contributed by atoms with van der Waals surface area (Å²) in [6.07, 6.45) is 4.60. The smallest absolute Gasteiger partial charge is 0.262 e. The Morgan fingerprint density at radius 1 is 1.17 bits per heavy atom. The largest absolute Gasteiger partial charge is 0.326 e. The third-order valence-electron chi connectivity index (χ3n) is 4.50. The van der Waals surface area contributed by atoms with Gasteiger partial charge in [0.2, 0.25) is 5.91 Å². The van der Waals surface area contributed by atoms with E-state index < -0.39 is 10.0 Å². The number of amidine groups is 1. The predicted octanol–water partition coefficient (Wildman–Crippen LogP) is 2.53. The molecular weight excluding hydrogens is 326 g/mol. The minimum atomic E-state index is -3.63. The van der Waals surface area contributed by atoms with Gasteiger partial charge in [0, 0.05) is 24.6 Å². The molecule has 2 atom stereocenters. The highest BCUT2D eigenvalue weighted by atomic mass is 32.2. The third kappa shape index (κ3) is 4.14. The molecule has 1 fully saturated rings. The Balaban J connectivity index is 1.65. The lowest BCUT2D eigenvalue weighted by Crippen LogP contribution is -2.30. The van der Waals surface area contributed by atoms with Crippen LogP contribution in [0.25, 0.3) is 0 Å². The highest BCUT2D eigenvalue weighted by Gasteiger charge is 2.39. The molecule has 24 heavy (non-hydrogen) atoms. The molecule has 2 aliphatic rings. The molecule has 1 aromatic rings. The van der Waals surface area contributed by atoms with Crippen LogP contribution in [0.4, 0.5) is 5.69 Å². The van der Waals surface area contributed by atoms with Gasteiger partial charge in [0.25, 0.3) is 10.0 Å². The molecule has 1 saturated carbocycles.